The Balaban J connectivity index is 1.84. The van der Waals surface area contributed by atoms with Gasteiger partial charge in [0.25, 0.3) is 0 Å². The molecule has 3 nitrogen and oxygen atoms in total. The van der Waals surface area contributed by atoms with Crippen molar-refractivity contribution in [3.63, 3.8) is 0 Å². The maximum atomic E-state index is 4.35. The predicted octanol–water partition coefficient (Wildman–Crippen LogP) is 2.63. The first kappa shape index (κ1) is 10.9. The monoisotopic (exact) mass is 225 g/mol. The van der Waals surface area contributed by atoms with Crippen molar-refractivity contribution < 1.29 is 0 Å². The zero-order valence-corrected chi connectivity index (χ0v) is 10.3. The summed E-state index contributed by atoms with van der Waals surface area (Å²) < 4.78 is 2.27. The van der Waals surface area contributed by atoms with E-state index in [1.54, 1.807) is 0 Å². The number of nitrogens with zero attached hydrogens (tertiary/aromatic N) is 2. The minimum atomic E-state index is 0.698. The minimum Gasteiger partial charge on any atom is -0.355 e. The summed E-state index contributed by atoms with van der Waals surface area (Å²) in [5, 5.41) is 3.44. The van der Waals surface area contributed by atoms with Gasteiger partial charge in [-0.15, -0.1) is 0 Å². The highest BCUT2D eigenvalue weighted by atomic mass is 32.2. The molecule has 1 N–H and O–H groups in total. The number of anilines is 1. The van der Waals surface area contributed by atoms with E-state index in [9.17, 15) is 0 Å². The van der Waals surface area contributed by atoms with E-state index in [0.29, 0.717) is 12.0 Å². The van der Waals surface area contributed by atoms with Gasteiger partial charge < -0.3 is 9.88 Å². The zero-order valence-electron chi connectivity index (χ0n) is 9.44. The predicted molar refractivity (Wildman–Crippen MR) is 66.5 cm³/mol. The number of aromatic nitrogens is 2. The zero-order chi connectivity index (χ0) is 10.7. The third-order valence-corrected chi connectivity index (χ3v) is 3.57. The molecule has 2 rings (SSSR count). The number of thioether (sulfide) groups is 1. The van der Waals surface area contributed by atoms with Crippen molar-refractivity contribution in [1.29, 1.82) is 0 Å². The molecule has 0 bridgehead atoms. The van der Waals surface area contributed by atoms with E-state index >= 15 is 0 Å². The maximum absolute atomic E-state index is 4.35. The molecule has 1 aliphatic rings. The van der Waals surface area contributed by atoms with Gasteiger partial charge in [-0.1, -0.05) is 6.92 Å². The van der Waals surface area contributed by atoms with Gasteiger partial charge in [0.2, 0.25) is 5.95 Å². The van der Waals surface area contributed by atoms with Crippen molar-refractivity contribution in [3.05, 3.63) is 12.4 Å². The van der Waals surface area contributed by atoms with Crippen LogP contribution in [0.5, 0.6) is 0 Å². The second-order valence-electron chi connectivity index (χ2n) is 4.33. The summed E-state index contributed by atoms with van der Waals surface area (Å²) in [5.41, 5.74) is 0. The van der Waals surface area contributed by atoms with Gasteiger partial charge in [0, 0.05) is 25.0 Å². The lowest BCUT2D eigenvalue weighted by Gasteiger charge is -2.13. The Labute approximate surface area is 95.7 Å². The fourth-order valence-electron chi connectivity index (χ4n) is 1.71. The van der Waals surface area contributed by atoms with Crippen LogP contribution < -0.4 is 5.32 Å². The number of hydrogen-bond acceptors (Lipinski definition) is 3. The number of nitrogens with one attached hydrogen (secondary N) is 1. The molecule has 1 saturated carbocycles. The highest BCUT2D eigenvalue weighted by Crippen LogP contribution is 2.36. The van der Waals surface area contributed by atoms with Crippen molar-refractivity contribution in [2.45, 2.75) is 25.8 Å². The average molecular weight is 225 g/mol. The Morgan fingerprint density at radius 2 is 2.47 bits per heavy atom. The summed E-state index contributed by atoms with van der Waals surface area (Å²) in [7, 11) is 0. The van der Waals surface area contributed by atoms with Crippen LogP contribution in [0.2, 0.25) is 0 Å². The van der Waals surface area contributed by atoms with Gasteiger partial charge in [0.1, 0.15) is 0 Å². The van der Waals surface area contributed by atoms with E-state index in [1.165, 1.54) is 18.6 Å². The molecular weight excluding hydrogens is 206 g/mol. The first-order valence-electron chi connectivity index (χ1n) is 5.57. The SMILES string of the molecule is CSCC(C)CNc1nccn1C1CC1. The number of rotatable bonds is 6. The van der Waals surface area contributed by atoms with Gasteiger partial charge in [-0.25, -0.2) is 4.98 Å². The third-order valence-electron chi connectivity index (χ3n) is 2.67. The van der Waals surface area contributed by atoms with Gasteiger partial charge in [-0.05, 0) is 30.8 Å². The quantitative estimate of drug-likeness (QED) is 0.807. The summed E-state index contributed by atoms with van der Waals surface area (Å²) in [6.45, 7) is 3.29. The van der Waals surface area contributed by atoms with Crippen molar-refractivity contribution in [2.24, 2.45) is 5.92 Å². The molecule has 1 heterocycles. The first-order valence-corrected chi connectivity index (χ1v) is 6.96. The number of imidazole rings is 1. The molecule has 0 spiro atoms. The van der Waals surface area contributed by atoms with Gasteiger partial charge in [-0.2, -0.15) is 11.8 Å². The van der Waals surface area contributed by atoms with Crippen LogP contribution in [0.25, 0.3) is 0 Å². The van der Waals surface area contributed by atoms with Crippen LogP contribution in [-0.2, 0) is 0 Å². The Kier molecular flexibility index (Phi) is 3.57. The fraction of sp³-hybridized carbons (Fsp3) is 0.727. The molecule has 1 fully saturated rings. The largest absolute Gasteiger partial charge is 0.355 e. The van der Waals surface area contributed by atoms with E-state index in [0.717, 1.165) is 12.5 Å². The molecule has 15 heavy (non-hydrogen) atoms. The van der Waals surface area contributed by atoms with Crippen LogP contribution in [0.15, 0.2) is 12.4 Å². The minimum absolute atomic E-state index is 0.698. The molecule has 1 atom stereocenters. The molecule has 84 valence electrons. The van der Waals surface area contributed by atoms with Crippen LogP contribution in [0.1, 0.15) is 25.8 Å². The van der Waals surface area contributed by atoms with Crippen LogP contribution in [0.4, 0.5) is 5.95 Å². The maximum Gasteiger partial charge on any atom is 0.203 e. The first-order chi connectivity index (χ1) is 7.31. The summed E-state index contributed by atoms with van der Waals surface area (Å²) >= 11 is 1.90. The molecule has 1 aromatic heterocycles. The van der Waals surface area contributed by atoms with Crippen molar-refractivity contribution in [3.8, 4) is 0 Å². The highest BCUT2D eigenvalue weighted by Gasteiger charge is 2.25. The van der Waals surface area contributed by atoms with Crippen molar-refractivity contribution in [1.82, 2.24) is 9.55 Å². The van der Waals surface area contributed by atoms with E-state index in [-0.39, 0.29) is 0 Å². The summed E-state index contributed by atoms with van der Waals surface area (Å²) in [4.78, 5) is 4.35. The molecular formula is C11H19N3S. The Hall–Kier alpha value is -0.640. The van der Waals surface area contributed by atoms with Crippen LogP contribution in [0.3, 0.4) is 0 Å². The van der Waals surface area contributed by atoms with E-state index in [2.05, 4.69) is 34.2 Å². The molecule has 0 aromatic carbocycles. The lowest BCUT2D eigenvalue weighted by molar-refractivity contribution is 0.679. The fourth-order valence-corrected chi connectivity index (χ4v) is 2.39. The van der Waals surface area contributed by atoms with E-state index in [1.807, 2.05) is 18.0 Å². The Morgan fingerprint density at radius 3 is 3.13 bits per heavy atom. The Morgan fingerprint density at radius 1 is 1.67 bits per heavy atom. The molecule has 0 amide bonds. The summed E-state index contributed by atoms with van der Waals surface area (Å²) in [5.74, 6) is 2.95. The van der Waals surface area contributed by atoms with Crippen molar-refractivity contribution >= 4 is 17.7 Å². The normalized spacial score (nSPS) is 17.7. The van der Waals surface area contributed by atoms with E-state index < -0.39 is 0 Å². The van der Waals surface area contributed by atoms with Crippen LogP contribution in [-0.4, -0.2) is 28.1 Å². The molecule has 0 saturated heterocycles. The molecule has 4 heteroatoms. The Bertz CT molecular complexity index is 307. The molecule has 0 aliphatic heterocycles. The summed E-state index contributed by atoms with van der Waals surface area (Å²) in [6.07, 6.45) is 8.75. The standard InChI is InChI=1S/C11H19N3S/c1-9(8-15-2)7-13-11-12-5-6-14(11)10-3-4-10/h5-6,9-10H,3-4,7-8H2,1-2H3,(H,12,13). The van der Waals surface area contributed by atoms with Gasteiger partial charge in [0.05, 0.1) is 0 Å². The molecule has 1 unspecified atom stereocenters. The second-order valence-corrected chi connectivity index (χ2v) is 5.24. The smallest absolute Gasteiger partial charge is 0.203 e. The second kappa shape index (κ2) is 4.92. The number of hydrogen-bond donors (Lipinski definition) is 1. The van der Waals surface area contributed by atoms with Gasteiger partial charge in [-0.3, -0.25) is 0 Å². The topological polar surface area (TPSA) is 29.9 Å². The van der Waals surface area contributed by atoms with Gasteiger partial charge >= 0.3 is 0 Å². The average Bonchev–Trinajstić information content (AvgIpc) is 2.96. The van der Waals surface area contributed by atoms with Crippen LogP contribution >= 0.6 is 11.8 Å². The molecule has 1 aliphatic carbocycles. The summed E-state index contributed by atoms with van der Waals surface area (Å²) in [6, 6.07) is 0.714. The highest BCUT2D eigenvalue weighted by molar-refractivity contribution is 7.98. The molecule has 1 aromatic rings. The molecule has 0 radical (unpaired) electrons. The van der Waals surface area contributed by atoms with Crippen molar-refractivity contribution in [2.75, 3.05) is 23.9 Å². The lowest BCUT2D eigenvalue weighted by Crippen LogP contribution is -2.16. The van der Waals surface area contributed by atoms with E-state index in [4.69, 9.17) is 0 Å². The third kappa shape index (κ3) is 2.91. The van der Waals surface area contributed by atoms with Crippen LogP contribution in [0, 0.1) is 5.92 Å². The lowest BCUT2D eigenvalue weighted by atomic mass is 10.2. The van der Waals surface area contributed by atoms with Gasteiger partial charge in [0.15, 0.2) is 0 Å².